The zero-order valence-electron chi connectivity index (χ0n) is 13.7. The van der Waals surface area contributed by atoms with Crippen LogP contribution < -0.4 is 5.32 Å². The molecular formula is C15H24ClN3O3S. The van der Waals surface area contributed by atoms with Gasteiger partial charge in [-0.3, -0.25) is 4.79 Å². The van der Waals surface area contributed by atoms with Crippen molar-refractivity contribution in [3.63, 3.8) is 0 Å². The van der Waals surface area contributed by atoms with Crippen LogP contribution in [0.5, 0.6) is 0 Å². The minimum atomic E-state index is -3.56. The van der Waals surface area contributed by atoms with E-state index >= 15 is 0 Å². The maximum atomic E-state index is 12.8. The van der Waals surface area contributed by atoms with Gasteiger partial charge in [-0.15, -0.1) is 12.4 Å². The number of carbonyl (C=O) groups excluding carboxylic acids is 1. The Morgan fingerprint density at radius 2 is 2.04 bits per heavy atom. The topological polar surface area (TPSA) is 69.7 Å². The minimum Gasteiger partial charge on any atom is -0.345 e. The van der Waals surface area contributed by atoms with Crippen LogP contribution >= 0.6 is 12.4 Å². The molecule has 8 heteroatoms. The summed E-state index contributed by atoms with van der Waals surface area (Å²) in [7, 11) is 1.57. The van der Waals surface area contributed by atoms with Crippen molar-refractivity contribution in [3.05, 3.63) is 29.8 Å². The van der Waals surface area contributed by atoms with Crippen molar-refractivity contribution in [1.82, 2.24) is 14.5 Å². The van der Waals surface area contributed by atoms with E-state index in [1.54, 1.807) is 32.3 Å². The molecule has 0 spiro atoms. The number of rotatable bonds is 4. The van der Waals surface area contributed by atoms with E-state index < -0.39 is 10.0 Å². The molecule has 1 atom stereocenters. The largest absolute Gasteiger partial charge is 0.345 e. The smallest absolute Gasteiger partial charge is 0.253 e. The summed E-state index contributed by atoms with van der Waals surface area (Å²) in [5, 5.41) is 3.14. The minimum absolute atomic E-state index is 0. The number of hydrogen-bond donors (Lipinski definition) is 1. The summed E-state index contributed by atoms with van der Waals surface area (Å²) in [4.78, 5) is 13.6. The highest BCUT2D eigenvalue weighted by Gasteiger charge is 2.30. The van der Waals surface area contributed by atoms with E-state index in [0.717, 1.165) is 12.8 Å². The summed E-state index contributed by atoms with van der Waals surface area (Å²) < 4.78 is 27.0. The number of piperidine rings is 1. The Kier molecular flexibility index (Phi) is 7.01. The van der Waals surface area contributed by atoms with Gasteiger partial charge in [-0.1, -0.05) is 6.07 Å². The molecule has 1 unspecified atom stereocenters. The molecule has 2 rings (SSSR count). The van der Waals surface area contributed by atoms with Gasteiger partial charge in [0.25, 0.3) is 5.91 Å². The number of sulfonamides is 1. The van der Waals surface area contributed by atoms with E-state index in [9.17, 15) is 13.2 Å². The fraction of sp³-hybridized carbons (Fsp3) is 0.533. The highest BCUT2D eigenvalue weighted by molar-refractivity contribution is 7.89. The zero-order valence-corrected chi connectivity index (χ0v) is 15.3. The molecule has 0 radical (unpaired) electrons. The number of nitrogens with zero attached hydrogens (tertiary/aromatic N) is 2. The molecule has 6 nitrogen and oxygen atoms in total. The van der Waals surface area contributed by atoms with E-state index in [0.29, 0.717) is 18.7 Å². The average molecular weight is 362 g/mol. The lowest BCUT2D eigenvalue weighted by Gasteiger charge is -2.31. The third-order valence-electron chi connectivity index (χ3n) is 3.92. The number of benzene rings is 1. The van der Waals surface area contributed by atoms with Gasteiger partial charge in [0.15, 0.2) is 0 Å². The van der Waals surface area contributed by atoms with E-state index in [-0.39, 0.29) is 29.3 Å². The number of halogens is 1. The van der Waals surface area contributed by atoms with E-state index in [1.165, 1.54) is 15.3 Å². The van der Waals surface area contributed by atoms with Crippen molar-refractivity contribution in [3.8, 4) is 0 Å². The van der Waals surface area contributed by atoms with Crippen LogP contribution in [0.3, 0.4) is 0 Å². The maximum absolute atomic E-state index is 12.8. The lowest BCUT2D eigenvalue weighted by Crippen LogP contribution is -2.46. The summed E-state index contributed by atoms with van der Waals surface area (Å²) >= 11 is 0. The Bertz CT molecular complexity index is 649. The second-order valence-corrected chi connectivity index (χ2v) is 7.66. The van der Waals surface area contributed by atoms with Gasteiger partial charge in [0.05, 0.1) is 4.90 Å². The Morgan fingerprint density at radius 3 is 2.65 bits per heavy atom. The molecule has 0 aliphatic carbocycles. The first-order valence-corrected chi connectivity index (χ1v) is 8.79. The standard InChI is InChI=1S/C15H23N3O3S.ClH/c1-16-13-7-5-9-18(11-13)22(20,21)14-8-4-6-12(10-14)15(19)17(2)3;/h4,6,8,10,13,16H,5,7,9,11H2,1-3H3;1H. The Balaban J connectivity index is 0.00000264. The number of likely N-dealkylation sites (N-methyl/N-ethyl adjacent to an activating group) is 1. The maximum Gasteiger partial charge on any atom is 0.253 e. The van der Waals surface area contributed by atoms with Crippen LogP contribution in [0, 0.1) is 0 Å². The molecule has 0 saturated carbocycles. The molecule has 0 aromatic heterocycles. The van der Waals surface area contributed by atoms with Crippen molar-refractivity contribution >= 4 is 28.3 Å². The molecule has 1 fully saturated rings. The third-order valence-corrected chi connectivity index (χ3v) is 5.78. The van der Waals surface area contributed by atoms with Crippen LogP contribution in [0.4, 0.5) is 0 Å². The zero-order chi connectivity index (χ0) is 16.3. The van der Waals surface area contributed by atoms with Gasteiger partial charge in [-0.05, 0) is 38.1 Å². The first kappa shape index (κ1) is 19.9. The SMILES string of the molecule is CNC1CCCN(S(=O)(=O)c2cccc(C(=O)N(C)C)c2)C1.Cl. The van der Waals surface area contributed by atoms with E-state index in [2.05, 4.69) is 5.32 Å². The van der Waals surface area contributed by atoms with Crippen LogP contribution in [-0.2, 0) is 10.0 Å². The fourth-order valence-corrected chi connectivity index (χ4v) is 4.16. The number of amides is 1. The Hall–Kier alpha value is -1.15. The number of nitrogens with one attached hydrogen (secondary N) is 1. The lowest BCUT2D eigenvalue weighted by atomic mass is 10.1. The quantitative estimate of drug-likeness (QED) is 0.874. The molecule has 1 aromatic rings. The van der Waals surface area contributed by atoms with Gasteiger partial charge in [0, 0.05) is 38.8 Å². The number of hydrogen-bond acceptors (Lipinski definition) is 4. The monoisotopic (exact) mass is 361 g/mol. The van der Waals surface area contributed by atoms with Gasteiger partial charge >= 0.3 is 0 Å². The predicted octanol–water partition coefficient (Wildman–Crippen LogP) is 1.18. The van der Waals surface area contributed by atoms with Crippen molar-refractivity contribution in [2.45, 2.75) is 23.8 Å². The molecule has 23 heavy (non-hydrogen) atoms. The molecule has 1 aliphatic rings. The fourth-order valence-electron chi connectivity index (χ4n) is 2.59. The summed E-state index contributed by atoms with van der Waals surface area (Å²) in [5.74, 6) is -0.205. The van der Waals surface area contributed by atoms with Gasteiger partial charge in [-0.2, -0.15) is 4.31 Å². The Morgan fingerprint density at radius 1 is 1.35 bits per heavy atom. The van der Waals surface area contributed by atoms with Gasteiger partial charge in [0.1, 0.15) is 0 Å². The highest BCUT2D eigenvalue weighted by atomic mass is 35.5. The van der Waals surface area contributed by atoms with Crippen LogP contribution in [-0.4, -0.2) is 63.8 Å². The molecule has 130 valence electrons. The predicted molar refractivity (Wildman–Crippen MR) is 92.5 cm³/mol. The number of carbonyl (C=O) groups is 1. The highest BCUT2D eigenvalue weighted by Crippen LogP contribution is 2.21. The first-order chi connectivity index (χ1) is 10.4. The van der Waals surface area contributed by atoms with Crippen molar-refractivity contribution < 1.29 is 13.2 Å². The molecular weight excluding hydrogens is 338 g/mol. The Labute approximate surface area is 144 Å². The average Bonchev–Trinajstić information content (AvgIpc) is 2.54. The van der Waals surface area contributed by atoms with Crippen LogP contribution in [0.25, 0.3) is 0 Å². The summed E-state index contributed by atoms with van der Waals surface area (Å²) in [6.45, 7) is 0.983. The van der Waals surface area contributed by atoms with Gasteiger partial charge in [-0.25, -0.2) is 8.42 Å². The van der Waals surface area contributed by atoms with E-state index in [1.807, 2.05) is 7.05 Å². The molecule has 1 heterocycles. The normalized spacial score (nSPS) is 19.0. The molecule has 0 bridgehead atoms. The molecule has 1 aliphatic heterocycles. The van der Waals surface area contributed by atoms with Crippen molar-refractivity contribution in [1.29, 1.82) is 0 Å². The first-order valence-electron chi connectivity index (χ1n) is 7.35. The summed E-state index contributed by atoms with van der Waals surface area (Å²) in [5.41, 5.74) is 0.383. The van der Waals surface area contributed by atoms with Gasteiger partial charge in [0.2, 0.25) is 10.0 Å². The van der Waals surface area contributed by atoms with Crippen molar-refractivity contribution in [2.75, 3.05) is 34.2 Å². The van der Waals surface area contributed by atoms with Gasteiger partial charge < -0.3 is 10.2 Å². The van der Waals surface area contributed by atoms with E-state index in [4.69, 9.17) is 0 Å². The third kappa shape index (κ3) is 4.44. The molecule has 1 amide bonds. The lowest BCUT2D eigenvalue weighted by molar-refractivity contribution is 0.0827. The van der Waals surface area contributed by atoms with Crippen LogP contribution in [0.1, 0.15) is 23.2 Å². The molecule has 1 saturated heterocycles. The molecule has 1 aromatic carbocycles. The summed E-state index contributed by atoms with van der Waals surface area (Å²) in [6, 6.07) is 6.43. The van der Waals surface area contributed by atoms with Crippen LogP contribution in [0.15, 0.2) is 29.2 Å². The summed E-state index contributed by atoms with van der Waals surface area (Å²) in [6.07, 6.45) is 1.81. The van der Waals surface area contributed by atoms with Crippen LogP contribution in [0.2, 0.25) is 0 Å². The molecule has 1 N–H and O–H groups in total. The van der Waals surface area contributed by atoms with Crippen molar-refractivity contribution in [2.24, 2.45) is 0 Å². The second-order valence-electron chi connectivity index (χ2n) is 5.72. The second kappa shape index (κ2) is 8.10.